The highest BCUT2D eigenvalue weighted by Gasteiger charge is 2.22. The highest BCUT2D eigenvalue weighted by Crippen LogP contribution is 2.29. The number of nitrogens with zero attached hydrogens (tertiary/aromatic N) is 1. The standard InChI is InChI=1S/C10H11ClN2O4S/c1-3-4-12-18(16,17)10-6-9(13(14)15)8(11)5-7(10)2/h3,5-6,12H,1,4H2,2H3. The van der Waals surface area contributed by atoms with Crippen molar-refractivity contribution in [3.05, 3.63) is 45.5 Å². The predicted octanol–water partition coefficient (Wildman–Crippen LogP) is 2.02. The second-order valence-corrected chi connectivity index (χ2v) is 5.61. The molecule has 0 aliphatic heterocycles. The summed E-state index contributed by atoms with van der Waals surface area (Å²) in [6.07, 6.45) is 1.37. The number of rotatable bonds is 5. The van der Waals surface area contributed by atoms with Gasteiger partial charge in [-0.15, -0.1) is 6.58 Å². The number of sulfonamides is 1. The van der Waals surface area contributed by atoms with Gasteiger partial charge < -0.3 is 0 Å². The number of nitro groups is 1. The summed E-state index contributed by atoms with van der Waals surface area (Å²) < 4.78 is 26.0. The molecule has 0 saturated heterocycles. The van der Waals surface area contributed by atoms with Crippen molar-refractivity contribution in [3.63, 3.8) is 0 Å². The molecule has 0 aliphatic carbocycles. The van der Waals surface area contributed by atoms with Gasteiger partial charge in [0.2, 0.25) is 10.0 Å². The first-order chi connectivity index (χ1) is 8.29. The lowest BCUT2D eigenvalue weighted by Crippen LogP contribution is -2.24. The fourth-order valence-corrected chi connectivity index (χ4v) is 2.85. The minimum Gasteiger partial charge on any atom is -0.258 e. The maximum atomic E-state index is 11.9. The van der Waals surface area contributed by atoms with Gasteiger partial charge in [-0.05, 0) is 18.6 Å². The van der Waals surface area contributed by atoms with E-state index in [1.54, 1.807) is 0 Å². The minimum atomic E-state index is -3.81. The van der Waals surface area contributed by atoms with Gasteiger partial charge in [-0.1, -0.05) is 17.7 Å². The summed E-state index contributed by atoms with van der Waals surface area (Å²) in [6.45, 7) is 4.94. The summed E-state index contributed by atoms with van der Waals surface area (Å²) in [7, 11) is -3.81. The van der Waals surface area contributed by atoms with E-state index in [1.807, 2.05) is 0 Å². The average Bonchev–Trinajstić information content (AvgIpc) is 2.25. The number of aryl methyl sites for hydroxylation is 1. The van der Waals surface area contributed by atoms with E-state index < -0.39 is 20.6 Å². The lowest BCUT2D eigenvalue weighted by molar-refractivity contribution is -0.384. The molecule has 0 saturated carbocycles. The van der Waals surface area contributed by atoms with E-state index in [0.29, 0.717) is 5.56 Å². The SMILES string of the molecule is C=CCNS(=O)(=O)c1cc([N+](=O)[O-])c(Cl)cc1C. The van der Waals surface area contributed by atoms with E-state index in [9.17, 15) is 18.5 Å². The maximum absolute atomic E-state index is 11.9. The number of nitro benzene ring substituents is 1. The van der Waals surface area contributed by atoms with Crippen LogP contribution in [-0.4, -0.2) is 19.9 Å². The van der Waals surface area contributed by atoms with Gasteiger partial charge in [-0.3, -0.25) is 10.1 Å². The summed E-state index contributed by atoms with van der Waals surface area (Å²) in [5.74, 6) is 0. The number of benzene rings is 1. The lowest BCUT2D eigenvalue weighted by Gasteiger charge is -2.08. The van der Waals surface area contributed by atoms with Gasteiger partial charge >= 0.3 is 0 Å². The molecule has 8 heteroatoms. The Morgan fingerprint density at radius 3 is 2.67 bits per heavy atom. The van der Waals surface area contributed by atoms with Gasteiger partial charge in [0.15, 0.2) is 0 Å². The number of hydrogen-bond donors (Lipinski definition) is 1. The average molecular weight is 291 g/mol. The molecule has 0 heterocycles. The Bertz CT molecular complexity index is 598. The van der Waals surface area contributed by atoms with E-state index >= 15 is 0 Å². The van der Waals surface area contributed by atoms with Crippen LogP contribution in [0.5, 0.6) is 0 Å². The van der Waals surface area contributed by atoms with Crippen LogP contribution >= 0.6 is 11.6 Å². The van der Waals surface area contributed by atoms with E-state index in [1.165, 1.54) is 19.1 Å². The van der Waals surface area contributed by atoms with Crippen molar-refractivity contribution in [2.75, 3.05) is 6.54 Å². The van der Waals surface area contributed by atoms with E-state index in [0.717, 1.165) is 6.07 Å². The Balaban J connectivity index is 3.37. The first kappa shape index (κ1) is 14.6. The van der Waals surface area contributed by atoms with Crippen LogP contribution < -0.4 is 4.72 Å². The summed E-state index contributed by atoms with van der Waals surface area (Å²) >= 11 is 5.68. The second kappa shape index (κ2) is 5.47. The molecule has 0 radical (unpaired) electrons. The third-order valence-electron chi connectivity index (χ3n) is 2.15. The van der Waals surface area contributed by atoms with Crippen LogP contribution in [0.15, 0.2) is 29.7 Å². The Hall–Kier alpha value is -1.44. The Labute approximate surface area is 109 Å². The summed E-state index contributed by atoms with van der Waals surface area (Å²) in [5, 5.41) is 10.6. The molecule has 0 aromatic heterocycles. The fraction of sp³-hybridized carbons (Fsp3) is 0.200. The molecule has 6 nitrogen and oxygen atoms in total. The van der Waals surface area contributed by atoms with Crippen molar-refractivity contribution in [2.24, 2.45) is 0 Å². The first-order valence-corrected chi connectivity index (χ1v) is 6.71. The van der Waals surface area contributed by atoms with Crippen molar-refractivity contribution in [1.82, 2.24) is 4.72 Å². The highest BCUT2D eigenvalue weighted by molar-refractivity contribution is 7.89. The van der Waals surface area contributed by atoms with Crippen LogP contribution in [0.4, 0.5) is 5.69 Å². The van der Waals surface area contributed by atoms with Crippen molar-refractivity contribution in [3.8, 4) is 0 Å². The number of halogens is 1. The van der Waals surface area contributed by atoms with Crippen LogP contribution in [0.25, 0.3) is 0 Å². The van der Waals surface area contributed by atoms with E-state index in [-0.39, 0.29) is 16.5 Å². The van der Waals surface area contributed by atoms with Gasteiger partial charge in [-0.2, -0.15) is 0 Å². The molecule has 1 N–H and O–H groups in total. The second-order valence-electron chi connectivity index (χ2n) is 3.47. The molecule has 98 valence electrons. The quantitative estimate of drug-likeness (QED) is 0.510. The van der Waals surface area contributed by atoms with Crippen molar-refractivity contribution in [2.45, 2.75) is 11.8 Å². The van der Waals surface area contributed by atoms with Gasteiger partial charge in [0.1, 0.15) is 5.02 Å². The molecule has 0 bridgehead atoms. The molecule has 1 aromatic rings. The highest BCUT2D eigenvalue weighted by atomic mass is 35.5. The normalized spacial score (nSPS) is 11.2. The van der Waals surface area contributed by atoms with Crippen LogP contribution in [-0.2, 0) is 10.0 Å². The van der Waals surface area contributed by atoms with Gasteiger partial charge in [0, 0.05) is 12.6 Å². The monoisotopic (exact) mass is 290 g/mol. The predicted molar refractivity (Wildman–Crippen MR) is 68.2 cm³/mol. The van der Waals surface area contributed by atoms with E-state index in [2.05, 4.69) is 11.3 Å². The van der Waals surface area contributed by atoms with Gasteiger partial charge in [0.25, 0.3) is 5.69 Å². The van der Waals surface area contributed by atoms with Crippen LogP contribution in [0.1, 0.15) is 5.56 Å². The topological polar surface area (TPSA) is 89.3 Å². The zero-order chi connectivity index (χ0) is 13.9. The molecule has 0 spiro atoms. The summed E-state index contributed by atoms with van der Waals surface area (Å²) in [5.41, 5.74) is -0.108. The van der Waals surface area contributed by atoms with Crippen LogP contribution in [0.3, 0.4) is 0 Å². The molecular formula is C10H11ClN2O4S. The third kappa shape index (κ3) is 3.06. The minimum absolute atomic E-state index is 0.0399. The smallest absolute Gasteiger partial charge is 0.258 e. The summed E-state index contributed by atoms with van der Waals surface area (Å²) in [6, 6.07) is 2.20. The molecule has 0 fully saturated rings. The Morgan fingerprint density at radius 1 is 1.56 bits per heavy atom. The maximum Gasteiger partial charge on any atom is 0.289 e. The van der Waals surface area contributed by atoms with Gasteiger partial charge in [-0.25, -0.2) is 13.1 Å². The van der Waals surface area contributed by atoms with Crippen molar-refractivity contribution in [1.29, 1.82) is 0 Å². The zero-order valence-electron chi connectivity index (χ0n) is 9.51. The Morgan fingerprint density at radius 2 is 2.17 bits per heavy atom. The molecular weight excluding hydrogens is 280 g/mol. The lowest BCUT2D eigenvalue weighted by atomic mass is 10.2. The largest absolute Gasteiger partial charge is 0.289 e. The van der Waals surface area contributed by atoms with Crippen molar-refractivity contribution < 1.29 is 13.3 Å². The first-order valence-electron chi connectivity index (χ1n) is 4.84. The van der Waals surface area contributed by atoms with Crippen LogP contribution in [0, 0.1) is 17.0 Å². The molecule has 0 amide bonds. The molecule has 0 aliphatic rings. The summed E-state index contributed by atoms with van der Waals surface area (Å²) in [4.78, 5) is 9.82. The number of hydrogen-bond acceptors (Lipinski definition) is 4. The molecule has 0 atom stereocenters. The van der Waals surface area contributed by atoms with Crippen LogP contribution in [0.2, 0.25) is 5.02 Å². The molecule has 1 aromatic carbocycles. The Kier molecular flexibility index (Phi) is 4.44. The number of nitrogens with one attached hydrogen (secondary N) is 1. The molecule has 0 unspecified atom stereocenters. The zero-order valence-corrected chi connectivity index (χ0v) is 11.1. The molecule has 18 heavy (non-hydrogen) atoms. The third-order valence-corrected chi connectivity index (χ3v) is 4.02. The molecule has 1 rings (SSSR count). The van der Waals surface area contributed by atoms with Crippen molar-refractivity contribution >= 4 is 27.3 Å². The van der Waals surface area contributed by atoms with E-state index in [4.69, 9.17) is 11.6 Å². The fourth-order valence-electron chi connectivity index (χ4n) is 1.32. The van der Waals surface area contributed by atoms with Gasteiger partial charge in [0.05, 0.1) is 9.82 Å².